The number of aromatic nitrogens is 3. The van der Waals surface area contributed by atoms with Crippen molar-refractivity contribution in [1.29, 1.82) is 0 Å². The highest BCUT2D eigenvalue weighted by Crippen LogP contribution is 2.53. The molecular formula is C47H50N8O5. The fraction of sp³-hybridized carbons (Fsp3) is 0.447. The molecule has 2 aromatic carbocycles. The molecule has 60 heavy (non-hydrogen) atoms. The first kappa shape index (κ1) is 37.3. The summed E-state index contributed by atoms with van der Waals surface area (Å²) >= 11 is 0. The van der Waals surface area contributed by atoms with Crippen LogP contribution in [0.1, 0.15) is 72.1 Å². The molecule has 1 unspecified atom stereocenters. The summed E-state index contributed by atoms with van der Waals surface area (Å²) in [4.78, 5) is 68.2. The number of fused-ring (bicyclic) bond motifs is 4. The van der Waals surface area contributed by atoms with Crippen LogP contribution in [0.25, 0.3) is 32.9 Å². The Morgan fingerprint density at radius 1 is 0.833 bits per heavy atom. The lowest BCUT2D eigenvalue weighted by atomic mass is 9.57. The van der Waals surface area contributed by atoms with Gasteiger partial charge >= 0.3 is 0 Å². The summed E-state index contributed by atoms with van der Waals surface area (Å²) in [7, 11) is 4.41. The van der Waals surface area contributed by atoms with E-state index in [0.717, 1.165) is 66.7 Å². The molecular weight excluding hydrogens is 757 g/mol. The van der Waals surface area contributed by atoms with E-state index in [-0.39, 0.29) is 24.9 Å². The van der Waals surface area contributed by atoms with Gasteiger partial charge in [0.1, 0.15) is 12.1 Å². The Kier molecular flexibility index (Phi) is 8.86. The van der Waals surface area contributed by atoms with Crippen LogP contribution in [0.4, 0.5) is 5.69 Å². The van der Waals surface area contributed by atoms with E-state index in [2.05, 4.69) is 74.0 Å². The first-order valence-corrected chi connectivity index (χ1v) is 21.6. The quantitative estimate of drug-likeness (QED) is 0.193. The summed E-state index contributed by atoms with van der Waals surface area (Å²) in [5.41, 5.74) is 6.53. The van der Waals surface area contributed by atoms with Gasteiger partial charge in [0.25, 0.3) is 11.8 Å². The van der Waals surface area contributed by atoms with Crippen LogP contribution in [0.3, 0.4) is 0 Å². The maximum absolute atomic E-state index is 13.3. The number of hydrogen-bond donors (Lipinski definition) is 1. The molecule has 13 nitrogen and oxygen atoms in total. The molecule has 7 heterocycles. The number of nitrogens with zero attached hydrogens (tertiary/aromatic N) is 7. The third kappa shape index (κ3) is 6.27. The zero-order chi connectivity index (χ0) is 40.9. The summed E-state index contributed by atoms with van der Waals surface area (Å²) in [5, 5.41) is 4.64. The van der Waals surface area contributed by atoms with E-state index < -0.39 is 23.8 Å². The summed E-state index contributed by atoms with van der Waals surface area (Å²) in [6.45, 7) is 5.39. The molecule has 5 fully saturated rings. The Morgan fingerprint density at radius 3 is 2.38 bits per heavy atom. The molecule has 1 N–H and O–H groups in total. The smallest absolute Gasteiger partial charge is 0.262 e. The number of amides is 4. The summed E-state index contributed by atoms with van der Waals surface area (Å²) in [6, 6.07) is 18.4. The van der Waals surface area contributed by atoms with Crippen molar-refractivity contribution in [3.8, 4) is 17.0 Å². The second-order valence-electron chi connectivity index (χ2n) is 18.4. The molecule has 13 heteroatoms. The Hall–Kier alpha value is -5.66. The lowest BCUT2D eigenvalue weighted by Gasteiger charge is -2.60. The minimum atomic E-state index is -0.946. The number of piperidine rings is 2. The Balaban J connectivity index is 0.608. The van der Waals surface area contributed by atoms with Gasteiger partial charge in [0.05, 0.1) is 16.6 Å². The fourth-order valence-corrected chi connectivity index (χ4v) is 11.3. The van der Waals surface area contributed by atoms with Crippen LogP contribution in [-0.2, 0) is 16.6 Å². The van der Waals surface area contributed by atoms with E-state index in [1.165, 1.54) is 54.0 Å². The first-order valence-electron chi connectivity index (χ1n) is 21.6. The molecule has 2 saturated carbocycles. The van der Waals surface area contributed by atoms with Gasteiger partial charge in [-0.2, -0.15) is 0 Å². The van der Waals surface area contributed by atoms with E-state index in [0.29, 0.717) is 34.5 Å². The van der Waals surface area contributed by atoms with Gasteiger partial charge in [0, 0.05) is 116 Å². The minimum absolute atomic E-state index is 0.112. The lowest BCUT2D eigenvalue weighted by molar-refractivity contribution is -0.136. The highest BCUT2D eigenvalue weighted by molar-refractivity contribution is 6.23. The predicted octanol–water partition coefficient (Wildman–Crippen LogP) is 5.41. The number of likely N-dealkylation sites (tertiary alicyclic amines) is 1. The van der Waals surface area contributed by atoms with Crippen LogP contribution in [0.2, 0.25) is 0 Å². The monoisotopic (exact) mass is 806 g/mol. The van der Waals surface area contributed by atoms with Crippen LogP contribution >= 0.6 is 0 Å². The molecule has 5 aromatic rings. The predicted molar refractivity (Wildman–Crippen MR) is 227 cm³/mol. The van der Waals surface area contributed by atoms with Gasteiger partial charge in [-0.15, -0.1) is 0 Å². The summed E-state index contributed by atoms with van der Waals surface area (Å²) in [6.07, 6.45) is 13.1. The molecule has 0 radical (unpaired) electrons. The van der Waals surface area contributed by atoms with E-state index in [9.17, 15) is 19.2 Å². The van der Waals surface area contributed by atoms with Gasteiger partial charge in [-0.1, -0.05) is 12.1 Å². The second-order valence-corrected chi connectivity index (χ2v) is 18.4. The highest BCUT2D eigenvalue weighted by Gasteiger charge is 2.53. The number of carbonyl (C=O) groups is 4. The molecule has 2 aliphatic carbocycles. The van der Waals surface area contributed by atoms with Gasteiger partial charge in [0.2, 0.25) is 17.7 Å². The molecule has 1 atom stereocenters. The number of aryl methyl sites for hydroxylation is 1. The molecule has 0 bridgehead atoms. The average molecular weight is 807 g/mol. The van der Waals surface area contributed by atoms with Crippen LogP contribution in [-0.4, -0.2) is 117 Å². The van der Waals surface area contributed by atoms with Gasteiger partial charge in [-0.25, -0.2) is 4.98 Å². The number of ether oxygens (including phenoxy) is 1. The van der Waals surface area contributed by atoms with Gasteiger partial charge in [-0.05, 0) is 100 Å². The largest absolute Gasteiger partial charge is 0.474 e. The van der Waals surface area contributed by atoms with E-state index in [1.54, 1.807) is 6.07 Å². The van der Waals surface area contributed by atoms with Crippen molar-refractivity contribution in [1.82, 2.24) is 34.6 Å². The number of pyridine rings is 2. The molecule has 6 aliphatic rings. The van der Waals surface area contributed by atoms with E-state index in [1.807, 2.05) is 36.8 Å². The standard InChI is InChI=1S/C47H50N8O5/c1-51(33-18-34(19-33)60-43-10-4-30(23-49-43)29-3-6-35-38-24-48-14-11-39(38)52(2)41(35)17-29)31-12-15-53(16-13-31)25-28-21-47(22-28)26-54(27-47)32-5-7-36-37(20-32)46(59)55(45(36)58)40-8-9-42(56)50-44(40)57/h3-7,10-11,14,17,20,23-24,28,31,33-34,40H,8-9,12-13,15-16,18-19,21-22,25-27H2,1-2H3,(H,50,56,57)/t33-,34-,40?. The average Bonchev–Trinajstić information content (AvgIpc) is 3.64. The molecule has 3 aromatic heterocycles. The van der Waals surface area contributed by atoms with Crippen molar-refractivity contribution < 1.29 is 23.9 Å². The minimum Gasteiger partial charge on any atom is -0.474 e. The topological polar surface area (TPSA) is 133 Å². The third-order valence-corrected chi connectivity index (χ3v) is 14.7. The van der Waals surface area contributed by atoms with E-state index in [4.69, 9.17) is 9.72 Å². The van der Waals surface area contributed by atoms with Crippen molar-refractivity contribution in [2.24, 2.45) is 18.4 Å². The Labute approximate surface area is 348 Å². The van der Waals surface area contributed by atoms with Crippen molar-refractivity contribution >= 4 is 51.1 Å². The Bertz CT molecular complexity index is 2560. The number of nitrogens with one attached hydrogen (secondary N) is 1. The van der Waals surface area contributed by atoms with Gasteiger partial charge in [-0.3, -0.25) is 34.4 Å². The number of anilines is 1. The van der Waals surface area contributed by atoms with Gasteiger partial charge < -0.3 is 24.0 Å². The number of carbonyl (C=O) groups excluding carboxylic acids is 4. The van der Waals surface area contributed by atoms with Crippen molar-refractivity contribution in [2.45, 2.75) is 75.6 Å². The Morgan fingerprint density at radius 2 is 1.62 bits per heavy atom. The van der Waals surface area contributed by atoms with Crippen molar-refractivity contribution in [3.63, 3.8) is 0 Å². The zero-order valence-corrected chi connectivity index (χ0v) is 34.2. The van der Waals surface area contributed by atoms with Crippen LogP contribution < -0.4 is 15.0 Å². The molecule has 4 amide bonds. The van der Waals surface area contributed by atoms with Crippen molar-refractivity contribution in [3.05, 3.63) is 84.3 Å². The maximum atomic E-state index is 13.3. The first-order chi connectivity index (χ1) is 29.1. The van der Waals surface area contributed by atoms with E-state index >= 15 is 0 Å². The normalized spacial score (nSPS) is 24.6. The van der Waals surface area contributed by atoms with Crippen LogP contribution in [0.5, 0.6) is 5.88 Å². The van der Waals surface area contributed by atoms with Gasteiger partial charge in [0.15, 0.2) is 0 Å². The lowest BCUT2D eigenvalue weighted by Crippen LogP contribution is -2.63. The second kappa shape index (κ2) is 14.2. The molecule has 11 rings (SSSR count). The number of rotatable bonds is 9. The number of benzene rings is 2. The molecule has 1 spiro atoms. The van der Waals surface area contributed by atoms with Crippen LogP contribution in [0.15, 0.2) is 73.2 Å². The zero-order valence-electron chi connectivity index (χ0n) is 34.2. The maximum Gasteiger partial charge on any atom is 0.262 e. The fourth-order valence-electron chi connectivity index (χ4n) is 11.3. The number of hydrogen-bond acceptors (Lipinski definition) is 10. The SMILES string of the molecule is Cn1c2ccncc2c2ccc(-c3ccc(O[C@H]4C[C@H](N(C)C5CCN(CC6CC7(C6)CN(c6ccc8c(c6)C(=O)N(C6CCC(=O)NC6=O)C8=O)C7)CC5)C4)nc3)cc21. The summed E-state index contributed by atoms with van der Waals surface area (Å²) in [5.74, 6) is -0.455. The third-order valence-electron chi connectivity index (χ3n) is 14.7. The van der Waals surface area contributed by atoms with Crippen LogP contribution in [0, 0.1) is 11.3 Å². The van der Waals surface area contributed by atoms with Crippen molar-refractivity contribution in [2.75, 3.05) is 44.7 Å². The molecule has 4 aliphatic heterocycles. The highest BCUT2D eigenvalue weighted by atomic mass is 16.5. The number of imide groups is 2. The molecule has 3 saturated heterocycles. The molecule has 308 valence electrons. The summed E-state index contributed by atoms with van der Waals surface area (Å²) < 4.78 is 8.55.